The molecule has 0 amide bonds. The van der Waals surface area contributed by atoms with Crippen LogP contribution in [0.5, 0.6) is 11.8 Å². The van der Waals surface area contributed by atoms with Crippen molar-refractivity contribution >= 4 is 11.9 Å². The summed E-state index contributed by atoms with van der Waals surface area (Å²) in [6, 6.07) is 13.7. The summed E-state index contributed by atoms with van der Waals surface area (Å²) in [6.45, 7) is 4.52. The summed E-state index contributed by atoms with van der Waals surface area (Å²) in [5.74, 6) is -0.582. The van der Waals surface area contributed by atoms with E-state index in [1.165, 1.54) is 0 Å². The van der Waals surface area contributed by atoms with Crippen molar-refractivity contribution < 1.29 is 28.5 Å². The van der Waals surface area contributed by atoms with E-state index in [0.717, 1.165) is 11.1 Å². The molecule has 0 radical (unpaired) electrons. The fourth-order valence-corrected chi connectivity index (χ4v) is 2.86. The second kappa shape index (κ2) is 11.5. The first-order chi connectivity index (χ1) is 15.6. The van der Waals surface area contributed by atoms with E-state index < -0.39 is 11.9 Å². The molecule has 0 aliphatic heterocycles. The first-order valence-corrected chi connectivity index (χ1v) is 10.2. The molecule has 3 aromatic rings. The molecule has 1 aromatic carbocycles. The van der Waals surface area contributed by atoms with Crippen molar-refractivity contribution in [1.82, 2.24) is 9.97 Å². The molecule has 0 spiro atoms. The molecule has 0 bridgehead atoms. The summed E-state index contributed by atoms with van der Waals surface area (Å²) in [5.41, 5.74) is 2.04. The zero-order valence-corrected chi connectivity index (χ0v) is 17.9. The number of esters is 2. The average molecular weight is 436 g/mol. The highest BCUT2D eigenvalue weighted by Gasteiger charge is 2.16. The van der Waals surface area contributed by atoms with Gasteiger partial charge in [-0.2, -0.15) is 0 Å². The number of pyridine rings is 2. The van der Waals surface area contributed by atoms with Crippen molar-refractivity contribution in [3.63, 3.8) is 0 Å². The van der Waals surface area contributed by atoms with Gasteiger partial charge >= 0.3 is 11.9 Å². The van der Waals surface area contributed by atoms with E-state index in [1.807, 2.05) is 26.0 Å². The van der Waals surface area contributed by atoms with Crippen LogP contribution in [0.25, 0.3) is 0 Å². The molecule has 0 aliphatic rings. The fraction of sp³-hybridized carbons (Fsp3) is 0.250. The lowest BCUT2D eigenvalue weighted by Gasteiger charge is -2.11. The smallest absolute Gasteiger partial charge is 0.343 e. The van der Waals surface area contributed by atoms with Crippen LogP contribution in [0.3, 0.4) is 0 Å². The van der Waals surface area contributed by atoms with Crippen LogP contribution in [0.15, 0.2) is 60.9 Å². The van der Waals surface area contributed by atoms with Crippen molar-refractivity contribution in [3.8, 4) is 11.8 Å². The van der Waals surface area contributed by atoms with Crippen LogP contribution in [0.2, 0.25) is 0 Å². The number of hydrogen-bond donors (Lipinski definition) is 0. The van der Waals surface area contributed by atoms with Gasteiger partial charge in [0.15, 0.2) is 0 Å². The Balaban J connectivity index is 1.59. The van der Waals surface area contributed by atoms with Crippen molar-refractivity contribution in [2.75, 3.05) is 13.2 Å². The van der Waals surface area contributed by atoms with E-state index in [0.29, 0.717) is 13.2 Å². The summed E-state index contributed by atoms with van der Waals surface area (Å²) < 4.78 is 21.5. The van der Waals surface area contributed by atoms with Crippen LogP contribution in [0, 0.1) is 0 Å². The highest BCUT2D eigenvalue weighted by Crippen LogP contribution is 2.18. The van der Waals surface area contributed by atoms with Crippen LogP contribution in [0.1, 0.15) is 45.7 Å². The molecular weight excluding hydrogens is 412 g/mol. The van der Waals surface area contributed by atoms with Crippen LogP contribution >= 0.6 is 0 Å². The van der Waals surface area contributed by atoms with Crippen molar-refractivity contribution in [1.29, 1.82) is 0 Å². The summed E-state index contributed by atoms with van der Waals surface area (Å²) in [5, 5.41) is 0. The van der Waals surface area contributed by atoms with E-state index >= 15 is 0 Å². The molecule has 8 nitrogen and oxygen atoms in total. The first kappa shape index (κ1) is 22.7. The van der Waals surface area contributed by atoms with Gasteiger partial charge in [-0.05, 0) is 55.3 Å². The second-order valence-electron chi connectivity index (χ2n) is 6.55. The Labute approximate surface area is 186 Å². The average Bonchev–Trinajstić information content (AvgIpc) is 2.82. The number of benzene rings is 1. The third-order valence-electron chi connectivity index (χ3n) is 4.28. The van der Waals surface area contributed by atoms with Gasteiger partial charge in [0.05, 0.1) is 13.2 Å². The zero-order chi connectivity index (χ0) is 22.8. The Morgan fingerprint density at radius 1 is 0.719 bits per heavy atom. The lowest BCUT2D eigenvalue weighted by Crippen LogP contribution is -2.10. The minimum Gasteiger partial charge on any atom is -0.477 e. The molecule has 8 heteroatoms. The molecule has 0 N–H and O–H groups in total. The third kappa shape index (κ3) is 6.04. The van der Waals surface area contributed by atoms with E-state index in [-0.39, 0.29) is 36.1 Å². The van der Waals surface area contributed by atoms with Gasteiger partial charge in [0.1, 0.15) is 24.3 Å². The predicted octanol–water partition coefficient (Wildman–Crippen LogP) is 3.99. The van der Waals surface area contributed by atoms with Crippen LogP contribution < -0.4 is 9.47 Å². The van der Waals surface area contributed by atoms with Gasteiger partial charge in [-0.3, -0.25) is 0 Å². The molecule has 0 saturated carbocycles. The van der Waals surface area contributed by atoms with Crippen LogP contribution in [-0.2, 0) is 22.7 Å². The Kier molecular flexibility index (Phi) is 8.14. The van der Waals surface area contributed by atoms with Gasteiger partial charge in [-0.15, -0.1) is 0 Å². The molecular formula is C24H24N2O6. The standard InChI is InChI=1S/C24H24N2O6/c1-3-29-21-19(10-6-12-25-21)23(27)31-15-17-8-5-9-18(14-17)16-32-24(28)20-11-7-13-26-22(20)30-4-2/h5-14H,3-4,15-16H2,1-2H3. The maximum Gasteiger partial charge on any atom is 0.343 e. The molecule has 0 aliphatic carbocycles. The minimum absolute atomic E-state index is 0.0537. The fourth-order valence-electron chi connectivity index (χ4n) is 2.86. The van der Waals surface area contributed by atoms with Crippen molar-refractivity contribution in [2.45, 2.75) is 27.1 Å². The van der Waals surface area contributed by atoms with Gasteiger partial charge in [-0.25, -0.2) is 19.6 Å². The zero-order valence-electron chi connectivity index (χ0n) is 17.9. The summed E-state index contributed by atoms with van der Waals surface area (Å²) in [4.78, 5) is 33.0. The monoisotopic (exact) mass is 436 g/mol. The topological polar surface area (TPSA) is 96.8 Å². The Morgan fingerprint density at radius 3 is 1.62 bits per heavy atom. The molecule has 32 heavy (non-hydrogen) atoms. The van der Waals surface area contributed by atoms with Gasteiger partial charge in [0, 0.05) is 12.4 Å². The van der Waals surface area contributed by atoms with Crippen molar-refractivity contribution in [2.24, 2.45) is 0 Å². The van der Waals surface area contributed by atoms with Crippen LogP contribution in [-0.4, -0.2) is 35.1 Å². The molecule has 166 valence electrons. The van der Waals surface area contributed by atoms with E-state index in [1.54, 1.807) is 48.8 Å². The number of aromatic nitrogens is 2. The summed E-state index contributed by atoms with van der Waals surface area (Å²) in [7, 11) is 0. The Hall–Kier alpha value is -3.94. The third-order valence-corrected chi connectivity index (χ3v) is 4.28. The van der Waals surface area contributed by atoms with E-state index in [9.17, 15) is 9.59 Å². The summed E-state index contributed by atoms with van der Waals surface area (Å²) >= 11 is 0. The Morgan fingerprint density at radius 2 is 1.19 bits per heavy atom. The Bertz CT molecular complexity index is 989. The van der Waals surface area contributed by atoms with Crippen LogP contribution in [0.4, 0.5) is 0 Å². The van der Waals surface area contributed by atoms with Gasteiger partial charge in [-0.1, -0.05) is 18.2 Å². The van der Waals surface area contributed by atoms with Gasteiger partial charge < -0.3 is 18.9 Å². The highest BCUT2D eigenvalue weighted by molar-refractivity contribution is 5.92. The van der Waals surface area contributed by atoms with E-state index in [4.69, 9.17) is 18.9 Å². The molecule has 2 heterocycles. The summed E-state index contributed by atoms with van der Waals surface area (Å²) in [6.07, 6.45) is 3.10. The number of rotatable bonds is 10. The number of ether oxygens (including phenoxy) is 4. The molecule has 0 atom stereocenters. The molecule has 0 unspecified atom stereocenters. The van der Waals surface area contributed by atoms with Gasteiger partial charge in [0.25, 0.3) is 0 Å². The number of nitrogens with zero attached hydrogens (tertiary/aromatic N) is 2. The van der Waals surface area contributed by atoms with E-state index in [2.05, 4.69) is 9.97 Å². The number of carbonyl (C=O) groups is 2. The first-order valence-electron chi connectivity index (χ1n) is 10.2. The lowest BCUT2D eigenvalue weighted by molar-refractivity contribution is 0.0465. The molecule has 0 fully saturated rings. The maximum atomic E-state index is 12.4. The largest absolute Gasteiger partial charge is 0.477 e. The molecule has 3 rings (SSSR count). The van der Waals surface area contributed by atoms with Gasteiger partial charge in [0.2, 0.25) is 11.8 Å². The lowest BCUT2D eigenvalue weighted by atomic mass is 10.1. The predicted molar refractivity (Wildman–Crippen MR) is 115 cm³/mol. The second-order valence-corrected chi connectivity index (χ2v) is 6.55. The molecule has 0 saturated heterocycles. The number of hydrogen-bond acceptors (Lipinski definition) is 8. The SMILES string of the molecule is CCOc1ncccc1C(=O)OCc1cccc(COC(=O)c2cccnc2OCC)c1. The normalized spacial score (nSPS) is 10.3. The number of carbonyl (C=O) groups excluding carboxylic acids is 2. The quantitative estimate of drug-likeness (QED) is 0.440. The highest BCUT2D eigenvalue weighted by atomic mass is 16.5. The van der Waals surface area contributed by atoms with Crippen molar-refractivity contribution in [3.05, 3.63) is 83.2 Å². The minimum atomic E-state index is -0.529. The maximum absolute atomic E-state index is 12.4. The molecule has 2 aromatic heterocycles.